The maximum atomic E-state index is 12.4. The molecule has 1 N–H and O–H groups in total. The van der Waals surface area contributed by atoms with Crippen LogP contribution in [-0.4, -0.2) is 46.1 Å². The van der Waals surface area contributed by atoms with Gasteiger partial charge in [0.2, 0.25) is 11.1 Å². The molecule has 0 saturated heterocycles. The Hall–Kier alpha value is -3.91. The van der Waals surface area contributed by atoms with Gasteiger partial charge in [0.25, 0.3) is 0 Å². The van der Waals surface area contributed by atoms with Crippen LogP contribution in [0.15, 0.2) is 90.1 Å². The highest BCUT2D eigenvalue weighted by molar-refractivity contribution is 7.99. The first kappa shape index (κ1) is 21.9. The number of benzene rings is 3. The number of nitrogens with zero attached hydrogens (tertiary/aromatic N) is 3. The predicted octanol–water partition coefficient (Wildman–Crippen LogP) is 4.25. The molecule has 0 aliphatic carbocycles. The molecule has 3 aromatic carbocycles. The first-order valence-corrected chi connectivity index (χ1v) is 11.9. The standard InChI is InChI=1S/C26H22N4O3S/c31-23(27-15-20-16-32-21-13-7-8-14-22(21)33-20)17-34-26-28-24(18-9-3-1-4-10-18)25(29-30-26)19-11-5-2-6-12-19/h1-14,20H,15-17H2,(H,27,31)/t20-/m1/s1. The number of amides is 1. The van der Waals surface area contributed by atoms with Crippen molar-refractivity contribution in [3.63, 3.8) is 0 Å². The fourth-order valence-corrected chi connectivity index (χ4v) is 4.15. The molecule has 0 unspecified atom stereocenters. The van der Waals surface area contributed by atoms with Gasteiger partial charge >= 0.3 is 0 Å². The van der Waals surface area contributed by atoms with Gasteiger partial charge in [-0.1, -0.05) is 84.6 Å². The van der Waals surface area contributed by atoms with E-state index in [1.54, 1.807) is 0 Å². The molecule has 5 rings (SSSR count). The molecule has 0 spiro atoms. The molecule has 1 amide bonds. The zero-order valence-corrected chi connectivity index (χ0v) is 19.1. The van der Waals surface area contributed by atoms with E-state index < -0.39 is 0 Å². The Balaban J connectivity index is 1.23. The van der Waals surface area contributed by atoms with Gasteiger partial charge in [-0.3, -0.25) is 4.79 Å². The second-order valence-electron chi connectivity index (χ2n) is 7.61. The van der Waals surface area contributed by atoms with Gasteiger partial charge < -0.3 is 14.8 Å². The molecule has 7 nitrogen and oxygen atoms in total. The average Bonchev–Trinajstić information content (AvgIpc) is 2.91. The van der Waals surface area contributed by atoms with Crippen LogP contribution >= 0.6 is 11.8 Å². The van der Waals surface area contributed by atoms with Gasteiger partial charge in [0, 0.05) is 11.1 Å². The molecule has 0 fully saturated rings. The van der Waals surface area contributed by atoms with Crippen molar-refractivity contribution in [2.45, 2.75) is 11.3 Å². The van der Waals surface area contributed by atoms with Crippen molar-refractivity contribution < 1.29 is 14.3 Å². The molecule has 1 aliphatic heterocycles. The van der Waals surface area contributed by atoms with Crippen LogP contribution in [0.25, 0.3) is 22.5 Å². The highest BCUT2D eigenvalue weighted by Crippen LogP contribution is 2.31. The maximum Gasteiger partial charge on any atom is 0.230 e. The molecular weight excluding hydrogens is 448 g/mol. The van der Waals surface area contributed by atoms with Crippen LogP contribution in [0.4, 0.5) is 0 Å². The van der Waals surface area contributed by atoms with Gasteiger partial charge in [-0.15, -0.1) is 10.2 Å². The molecule has 1 atom stereocenters. The smallest absolute Gasteiger partial charge is 0.230 e. The number of rotatable bonds is 7. The van der Waals surface area contributed by atoms with Gasteiger partial charge in [0.15, 0.2) is 11.5 Å². The molecule has 1 aliphatic rings. The fraction of sp³-hybridized carbons (Fsp3) is 0.154. The van der Waals surface area contributed by atoms with E-state index in [1.807, 2.05) is 84.9 Å². The van der Waals surface area contributed by atoms with E-state index >= 15 is 0 Å². The summed E-state index contributed by atoms with van der Waals surface area (Å²) in [6.07, 6.45) is -0.239. The Bertz CT molecular complexity index is 1270. The zero-order chi connectivity index (χ0) is 23.2. The number of aromatic nitrogens is 3. The molecule has 170 valence electrons. The minimum atomic E-state index is -0.239. The number of nitrogens with one attached hydrogen (secondary N) is 1. The van der Waals surface area contributed by atoms with Crippen molar-refractivity contribution in [1.82, 2.24) is 20.5 Å². The highest BCUT2D eigenvalue weighted by atomic mass is 32.2. The van der Waals surface area contributed by atoms with Crippen molar-refractivity contribution in [3.8, 4) is 34.0 Å². The quantitative estimate of drug-likeness (QED) is 0.404. The monoisotopic (exact) mass is 470 g/mol. The third-order valence-corrected chi connectivity index (χ3v) is 6.03. The second-order valence-corrected chi connectivity index (χ2v) is 8.56. The lowest BCUT2D eigenvalue weighted by Crippen LogP contribution is -2.41. The van der Waals surface area contributed by atoms with Crippen LogP contribution in [0, 0.1) is 0 Å². The molecule has 1 aromatic heterocycles. The van der Waals surface area contributed by atoms with E-state index in [9.17, 15) is 4.79 Å². The largest absolute Gasteiger partial charge is 0.486 e. The lowest BCUT2D eigenvalue weighted by Gasteiger charge is -2.26. The lowest BCUT2D eigenvalue weighted by molar-refractivity contribution is -0.119. The number of hydrogen-bond donors (Lipinski definition) is 1. The molecule has 8 heteroatoms. The van der Waals surface area contributed by atoms with Crippen molar-refractivity contribution in [2.75, 3.05) is 18.9 Å². The third kappa shape index (κ3) is 5.18. The summed E-state index contributed by atoms with van der Waals surface area (Å²) in [6, 6.07) is 27.2. The van der Waals surface area contributed by atoms with Gasteiger partial charge in [0.05, 0.1) is 12.3 Å². The average molecular weight is 471 g/mol. The van der Waals surface area contributed by atoms with Gasteiger partial charge in [-0.25, -0.2) is 4.98 Å². The van der Waals surface area contributed by atoms with Crippen LogP contribution in [-0.2, 0) is 4.79 Å². The molecular formula is C26H22N4O3S. The van der Waals surface area contributed by atoms with E-state index in [0.717, 1.165) is 22.6 Å². The summed E-state index contributed by atoms with van der Waals surface area (Å²) in [4.78, 5) is 17.2. The normalized spacial score (nSPS) is 14.4. The molecule has 0 radical (unpaired) electrons. The van der Waals surface area contributed by atoms with Gasteiger partial charge in [-0.05, 0) is 12.1 Å². The van der Waals surface area contributed by atoms with E-state index in [1.165, 1.54) is 11.8 Å². The van der Waals surface area contributed by atoms with Crippen LogP contribution in [0.1, 0.15) is 0 Å². The number of hydrogen-bond acceptors (Lipinski definition) is 7. The topological polar surface area (TPSA) is 86.2 Å². The summed E-state index contributed by atoms with van der Waals surface area (Å²) in [6.45, 7) is 0.744. The second kappa shape index (κ2) is 10.4. The maximum absolute atomic E-state index is 12.4. The number of thioether (sulfide) groups is 1. The van der Waals surface area contributed by atoms with E-state index in [-0.39, 0.29) is 17.8 Å². The van der Waals surface area contributed by atoms with Crippen LogP contribution < -0.4 is 14.8 Å². The summed E-state index contributed by atoms with van der Waals surface area (Å²) >= 11 is 1.25. The molecule has 0 bridgehead atoms. The first-order valence-electron chi connectivity index (χ1n) is 10.9. The van der Waals surface area contributed by atoms with Gasteiger partial charge in [-0.2, -0.15) is 0 Å². The van der Waals surface area contributed by atoms with Crippen molar-refractivity contribution >= 4 is 17.7 Å². The Morgan fingerprint density at radius 2 is 1.50 bits per heavy atom. The van der Waals surface area contributed by atoms with Crippen molar-refractivity contribution in [2.24, 2.45) is 0 Å². The molecule has 0 saturated carbocycles. The Labute approximate surface area is 201 Å². The zero-order valence-electron chi connectivity index (χ0n) is 18.3. The summed E-state index contributed by atoms with van der Waals surface area (Å²) in [5.74, 6) is 1.45. The Morgan fingerprint density at radius 3 is 2.24 bits per heavy atom. The van der Waals surface area contributed by atoms with E-state index in [0.29, 0.717) is 29.8 Å². The minimum absolute atomic E-state index is 0.135. The van der Waals surface area contributed by atoms with Gasteiger partial charge in [0.1, 0.15) is 24.1 Å². The SMILES string of the molecule is O=C(CSc1nnc(-c2ccccc2)c(-c2ccccc2)n1)NC[C@@H]1COc2ccccc2O1. The summed E-state index contributed by atoms with van der Waals surface area (Å²) in [5.41, 5.74) is 3.32. The van der Waals surface area contributed by atoms with Crippen molar-refractivity contribution in [1.29, 1.82) is 0 Å². The summed E-state index contributed by atoms with van der Waals surface area (Å²) < 4.78 is 11.6. The number of carbonyl (C=O) groups is 1. The number of fused-ring (bicyclic) bond motifs is 1. The van der Waals surface area contributed by atoms with Crippen LogP contribution in [0.2, 0.25) is 0 Å². The molecule has 2 heterocycles. The fourth-order valence-electron chi connectivity index (χ4n) is 3.53. The number of para-hydroxylation sites is 2. The lowest BCUT2D eigenvalue weighted by atomic mass is 10.0. The van der Waals surface area contributed by atoms with Crippen molar-refractivity contribution in [3.05, 3.63) is 84.9 Å². The molecule has 4 aromatic rings. The minimum Gasteiger partial charge on any atom is -0.486 e. The van der Waals surface area contributed by atoms with E-state index in [2.05, 4.69) is 15.5 Å². The van der Waals surface area contributed by atoms with E-state index in [4.69, 9.17) is 14.5 Å². The van der Waals surface area contributed by atoms with Crippen LogP contribution in [0.5, 0.6) is 11.5 Å². The third-order valence-electron chi connectivity index (χ3n) is 5.19. The summed E-state index contributed by atoms with van der Waals surface area (Å²) in [7, 11) is 0. The number of carbonyl (C=O) groups excluding carboxylic acids is 1. The Morgan fingerprint density at radius 1 is 0.853 bits per heavy atom. The highest BCUT2D eigenvalue weighted by Gasteiger charge is 2.21. The summed E-state index contributed by atoms with van der Waals surface area (Å²) in [5, 5.41) is 12.0. The number of ether oxygens (including phenoxy) is 2. The first-order chi connectivity index (χ1) is 16.8. The predicted molar refractivity (Wildman–Crippen MR) is 131 cm³/mol. The molecule has 34 heavy (non-hydrogen) atoms. The van der Waals surface area contributed by atoms with Crippen LogP contribution in [0.3, 0.4) is 0 Å². The Kier molecular flexibility index (Phi) is 6.67.